The molecule has 0 spiro atoms. The molecule has 2 aromatic heterocycles. The second-order valence-electron chi connectivity index (χ2n) is 5.48. The third-order valence-electron chi connectivity index (χ3n) is 3.54. The molecule has 1 aromatic carbocycles. The van der Waals surface area contributed by atoms with Gasteiger partial charge in [0.1, 0.15) is 11.5 Å². The number of rotatable bonds is 7. The van der Waals surface area contributed by atoms with Crippen molar-refractivity contribution in [3.05, 3.63) is 51.5 Å². The number of thiazole rings is 1. The molecule has 0 aliphatic rings. The number of hydrogen-bond acceptors (Lipinski definition) is 6. The van der Waals surface area contributed by atoms with Gasteiger partial charge in [-0.1, -0.05) is 13.0 Å². The topological polar surface area (TPSA) is 59.1 Å². The van der Waals surface area contributed by atoms with Crippen LogP contribution >= 0.6 is 22.7 Å². The van der Waals surface area contributed by atoms with Crippen molar-refractivity contribution >= 4 is 28.9 Å². The Morgan fingerprint density at radius 1 is 1.23 bits per heavy atom. The molecular weight excluding hydrogens is 366 g/mol. The molecule has 1 N–H and O–H groups in total. The molecule has 3 rings (SSSR count). The highest BCUT2D eigenvalue weighted by atomic mass is 32.1. The van der Waals surface area contributed by atoms with Crippen molar-refractivity contribution in [3.63, 3.8) is 0 Å². The predicted molar refractivity (Wildman–Crippen MR) is 109 cm³/mol. The molecule has 0 bridgehead atoms. The van der Waals surface area contributed by atoms with Crippen LogP contribution in [-0.4, -0.2) is 29.1 Å². The van der Waals surface area contributed by atoms with Crippen LogP contribution in [0.1, 0.15) is 25.8 Å². The van der Waals surface area contributed by atoms with Crippen LogP contribution < -0.4 is 9.54 Å². The van der Waals surface area contributed by atoms with E-state index in [1.54, 1.807) is 41.0 Å². The highest BCUT2D eigenvalue weighted by Gasteiger charge is 2.08. The van der Waals surface area contributed by atoms with Crippen LogP contribution in [0, 0.1) is 0 Å². The molecule has 0 atom stereocenters. The fourth-order valence-electron chi connectivity index (χ4n) is 2.31. The number of aromatic nitrogens is 1. The molecule has 26 heavy (non-hydrogen) atoms. The van der Waals surface area contributed by atoms with Crippen LogP contribution in [0.25, 0.3) is 10.6 Å². The van der Waals surface area contributed by atoms with Gasteiger partial charge in [-0.25, -0.2) is 4.68 Å². The van der Waals surface area contributed by atoms with E-state index in [2.05, 4.69) is 21.5 Å². The van der Waals surface area contributed by atoms with Crippen LogP contribution in [0.5, 0.6) is 11.5 Å². The lowest BCUT2D eigenvalue weighted by Crippen LogP contribution is -2.12. The van der Waals surface area contributed by atoms with Crippen molar-refractivity contribution in [2.45, 2.75) is 20.3 Å². The van der Waals surface area contributed by atoms with Crippen LogP contribution in [0.4, 0.5) is 0 Å². The van der Waals surface area contributed by atoms with E-state index in [1.165, 1.54) is 0 Å². The lowest BCUT2D eigenvalue weighted by molar-refractivity contribution is 0.315. The van der Waals surface area contributed by atoms with E-state index >= 15 is 0 Å². The van der Waals surface area contributed by atoms with E-state index in [1.807, 2.05) is 36.0 Å². The molecular formula is C19H21N3O2S2. The fraction of sp³-hybridized carbons (Fsp3) is 0.263. The predicted octanol–water partition coefficient (Wildman–Crippen LogP) is 4.58. The standard InChI is InChI=1S/C19H21N3O2S2/c1-3-9-24-15-8-7-14(17(23)11-15)12-21-22-16(18-6-5-10-25-18)13-26-19(22)20-4-2/h5-8,10-13,23H,3-4,9H2,1-2H3. The third-order valence-corrected chi connectivity index (χ3v) is 5.29. The Labute approximate surface area is 160 Å². The SMILES string of the molecule is CCCOc1ccc(C=Nn2c(-c3cccs3)csc2=NCC)c(O)c1. The van der Waals surface area contributed by atoms with Gasteiger partial charge in [0.25, 0.3) is 0 Å². The summed E-state index contributed by atoms with van der Waals surface area (Å²) in [5.41, 5.74) is 1.63. The summed E-state index contributed by atoms with van der Waals surface area (Å²) in [7, 11) is 0. The highest BCUT2D eigenvalue weighted by molar-refractivity contribution is 7.14. The lowest BCUT2D eigenvalue weighted by atomic mass is 10.2. The number of benzene rings is 1. The maximum absolute atomic E-state index is 10.2. The lowest BCUT2D eigenvalue weighted by Gasteiger charge is -2.06. The fourth-order valence-corrected chi connectivity index (χ4v) is 4.01. The molecule has 0 aliphatic carbocycles. The summed E-state index contributed by atoms with van der Waals surface area (Å²) in [6.07, 6.45) is 2.57. The molecule has 136 valence electrons. The van der Waals surface area contributed by atoms with Gasteiger partial charge < -0.3 is 9.84 Å². The van der Waals surface area contributed by atoms with E-state index in [-0.39, 0.29) is 5.75 Å². The Morgan fingerprint density at radius 3 is 2.81 bits per heavy atom. The molecule has 0 radical (unpaired) electrons. The second-order valence-corrected chi connectivity index (χ2v) is 7.26. The van der Waals surface area contributed by atoms with E-state index in [4.69, 9.17) is 4.74 Å². The van der Waals surface area contributed by atoms with Gasteiger partial charge in [-0.15, -0.1) is 22.7 Å². The molecule has 0 saturated carbocycles. The first-order valence-corrected chi connectivity index (χ1v) is 10.2. The Balaban J connectivity index is 1.93. The minimum atomic E-state index is 0.143. The molecule has 0 fully saturated rings. The second kappa shape index (κ2) is 8.82. The molecule has 0 unspecified atom stereocenters. The van der Waals surface area contributed by atoms with Crippen LogP contribution in [0.15, 0.2) is 51.2 Å². The summed E-state index contributed by atoms with van der Waals surface area (Å²) in [6.45, 7) is 5.36. The van der Waals surface area contributed by atoms with Gasteiger partial charge in [-0.05, 0) is 36.9 Å². The first-order chi connectivity index (χ1) is 12.7. The van der Waals surface area contributed by atoms with Crippen LogP contribution in [-0.2, 0) is 0 Å². The van der Waals surface area contributed by atoms with Gasteiger partial charge in [0.2, 0.25) is 4.80 Å². The first kappa shape index (κ1) is 18.4. The number of phenols is 1. The monoisotopic (exact) mass is 387 g/mol. The number of ether oxygens (including phenoxy) is 1. The molecule has 7 heteroatoms. The molecule has 3 aromatic rings. The summed E-state index contributed by atoms with van der Waals surface area (Å²) in [4.78, 5) is 6.47. The van der Waals surface area contributed by atoms with Gasteiger partial charge >= 0.3 is 0 Å². The van der Waals surface area contributed by atoms with E-state index < -0.39 is 0 Å². The normalized spacial score (nSPS) is 12.2. The Morgan fingerprint density at radius 2 is 2.12 bits per heavy atom. The van der Waals surface area contributed by atoms with Gasteiger partial charge in [-0.3, -0.25) is 4.99 Å². The molecule has 0 aliphatic heterocycles. The maximum Gasteiger partial charge on any atom is 0.206 e. The average Bonchev–Trinajstić information content (AvgIpc) is 3.29. The minimum absolute atomic E-state index is 0.143. The van der Waals surface area contributed by atoms with Gasteiger partial charge in [0, 0.05) is 23.6 Å². The quantitative estimate of drug-likeness (QED) is 0.604. The van der Waals surface area contributed by atoms with Crippen LogP contribution in [0.2, 0.25) is 0 Å². The van der Waals surface area contributed by atoms with E-state index in [9.17, 15) is 5.11 Å². The zero-order valence-electron chi connectivity index (χ0n) is 14.8. The summed E-state index contributed by atoms with van der Waals surface area (Å²) < 4.78 is 7.36. The zero-order chi connectivity index (χ0) is 18.4. The number of hydrogen-bond donors (Lipinski definition) is 1. The Bertz CT molecular complexity index is 940. The summed E-state index contributed by atoms with van der Waals surface area (Å²) in [6, 6.07) is 9.34. The molecule has 0 saturated heterocycles. The number of nitrogens with zero attached hydrogens (tertiary/aromatic N) is 3. The largest absolute Gasteiger partial charge is 0.507 e. The number of phenolic OH excluding ortho intramolecular Hbond substituents is 1. The third kappa shape index (κ3) is 4.23. The van der Waals surface area contributed by atoms with Crippen molar-refractivity contribution in [1.82, 2.24) is 4.68 Å². The number of aromatic hydroxyl groups is 1. The minimum Gasteiger partial charge on any atom is -0.507 e. The Hall–Kier alpha value is -2.38. The van der Waals surface area contributed by atoms with E-state index in [0.717, 1.165) is 21.8 Å². The van der Waals surface area contributed by atoms with E-state index in [0.29, 0.717) is 24.5 Å². The molecule has 2 heterocycles. The van der Waals surface area contributed by atoms with Crippen molar-refractivity contribution in [3.8, 4) is 22.1 Å². The zero-order valence-corrected chi connectivity index (χ0v) is 16.4. The smallest absolute Gasteiger partial charge is 0.206 e. The van der Waals surface area contributed by atoms with Gasteiger partial charge in [-0.2, -0.15) is 5.10 Å². The molecule has 0 amide bonds. The molecule has 5 nitrogen and oxygen atoms in total. The van der Waals surface area contributed by atoms with Crippen molar-refractivity contribution in [2.75, 3.05) is 13.2 Å². The summed E-state index contributed by atoms with van der Waals surface area (Å²) in [5, 5.41) is 18.9. The summed E-state index contributed by atoms with van der Waals surface area (Å²) >= 11 is 3.22. The van der Waals surface area contributed by atoms with Crippen molar-refractivity contribution in [1.29, 1.82) is 0 Å². The number of thiophene rings is 1. The van der Waals surface area contributed by atoms with Gasteiger partial charge in [0.05, 0.1) is 23.4 Å². The van der Waals surface area contributed by atoms with Gasteiger partial charge in [0.15, 0.2) is 0 Å². The highest BCUT2D eigenvalue weighted by Crippen LogP contribution is 2.26. The maximum atomic E-state index is 10.2. The Kier molecular flexibility index (Phi) is 6.25. The first-order valence-electron chi connectivity index (χ1n) is 8.48. The average molecular weight is 388 g/mol. The van der Waals surface area contributed by atoms with Crippen LogP contribution in [0.3, 0.4) is 0 Å². The van der Waals surface area contributed by atoms with Crippen molar-refractivity contribution < 1.29 is 9.84 Å². The summed E-state index contributed by atoms with van der Waals surface area (Å²) in [5.74, 6) is 0.801. The van der Waals surface area contributed by atoms with Crippen molar-refractivity contribution in [2.24, 2.45) is 10.1 Å².